The molecule has 0 amide bonds. The Morgan fingerprint density at radius 3 is 1.77 bits per heavy atom. The van der Waals surface area contributed by atoms with E-state index in [-0.39, 0.29) is 0 Å². The number of rotatable bonds is 6. The minimum atomic E-state index is 0.895. The molecule has 0 saturated heterocycles. The van der Waals surface area contributed by atoms with Crippen LogP contribution in [0.1, 0.15) is 0 Å². The van der Waals surface area contributed by atoms with E-state index in [4.69, 9.17) is 4.42 Å². The van der Waals surface area contributed by atoms with E-state index in [0.29, 0.717) is 0 Å². The lowest BCUT2D eigenvalue weighted by Gasteiger charge is -2.28. The van der Waals surface area contributed by atoms with Gasteiger partial charge in [0, 0.05) is 58.5 Å². The molecule has 0 bridgehead atoms. The molecule has 0 unspecified atom stereocenters. The summed E-state index contributed by atoms with van der Waals surface area (Å²) in [4.78, 5) is 2.40. The largest absolute Gasteiger partial charge is 0.455 e. The molecule has 0 aliphatic rings. The fraction of sp³-hybridized carbons (Fsp3) is 0. The summed E-state index contributed by atoms with van der Waals surface area (Å²) in [5.41, 5.74) is 13.2. The van der Waals surface area contributed by atoms with E-state index in [0.717, 1.165) is 61.2 Å². The monoisotopic (exact) mass is 808 g/mol. The molecule has 4 heteroatoms. The topological polar surface area (TPSA) is 21.3 Å². The molecule has 13 rings (SSSR count). The van der Waals surface area contributed by atoms with Gasteiger partial charge in [-0.1, -0.05) is 146 Å². The fourth-order valence-corrected chi connectivity index (χ4v) is 10.9. The highest BCUT2D eigenvalue weighted by Crippen LogP contribution is 2.45. The third kappa shape index (κ3) is 5.37. The molecule has 62 heavy (non-hydrogen) atoms. The third-order valence-corrected chi connectivity index (χ3v) is 13.7. The van der Waals surface area contributed by atoms with Gasteiger partial charge >= 0.3 is 0 Å². The molecule has 0 saturated carbocycles. The van der Waals surface area contributed by atoms with Crippen LogP contribution in [0, 0.1) is 0 Å². The van der Waals surface area contributed by atoms with Crippen LogP contribution in [-0.2, 0) is 0 Å². The van der Waals surface area contributed by atoms with E-state index in [1.54, 1.807) is 0 Å². The van der Waals surface area contributed by atoms with Crippen LogP contribution in [0.5, 0.6) is 0 Å². The summed E-state index contributed by atoms with van der Waals surface area (Å²) >= 11 is 1.86. The van der Waals surface area contributed by atoms with Gasteiger partial charge in [-0.15, -0.1) is 11.3 Å². The number of hydrogen-bond acceptors (Lipinski definition) is 3. The SMILES string of the molecule is c1ccc(-n2c3ccccc3c3ccccc32)c(N(c2ccc(-c3ccc4c(c3)sc3ccccc34)cc2)c2ccc(-c3cccc4oc5c6ccccc6ccc5c34)cc2)c1. The molecule has 0 aliphatic carbocycles. The van der Waals surface area contributed by atoms with Gasteiger partial charge in [0.1, 0.15) is 11.2 Å². The zero-order valence-corrected chi connectivity index (χ0v) is 34.3. The predicted octanol–water partition coefficient (Wildman–Crippen LogP) is 17.0. The number of thiophene rings is 1. The summed E-state index contributed by atoms with van der Waals surface area (Å²) in [7, 11) is 0. The summed E-state index contributed by atoms with van der Waals surface area (Å²) in [5, 5.41) is 9.69. The predicted molar refractivity (Wildman–Crippen MR) is 264 cm³/mol. The van der Waals surface area contributed by atoms with Crippen LogP contribution in [-0.4, -0.2) is 4.57 Å². The Morgan fingerprint density at radius 1 is 0.403 bits per heavy atom. The number of aromatic nitrogens is 1. The van der Waals surface area contributed by atoms with E-state index < -0.39 is 0 Å². The van der Waals surface area contributed by atoms with Crippen molar-refractivity contribution in [2.24, 2.45) is 0 Å². The van der Waals surface area contributed by atoms with E-state index in [1.165, 1.54) is 58.5 Å². The van der Waals surface area contributed by atoms with Crippen molar-refractivity contribution in [1.29, 1.82) is 0 Å². The van der Waals surface area contributed by atoms with Crippen molar-refractivity contribution in [1.82, 2.24) is 4.57 Å². The minimum absolute atomic E-state index is 0.895. The minimum Gasteiger partial charge on any atom is -0.455 e. The zero-order valence-electron chi connectivity index (χ0n) is 33.5. The molecule has 13 aromatic rings. The summed E-state index contributed by atoms with van der Waals surface area (Å²) in [5.74, 6) is 0. The Labute approximate surface area is 361 Å². The maximum Gasteiger partial charge on any atom is 0.143 e. The maximum absolute atomic E-state index is 6.58. The van der Waals surface area contributed by atoms with Gasteiger partial charge in [0.25, 0.3) is 0 Å². The molecule has 3 heterocycles. The normalized spacial score (nSPS) is 11.9. The highest BCUT2D eigenvalue weighted by atomic mass is 32.1. The smallest absolute Gasteiger partial charge is 0.143 e. The molecule has 0 radical (unpaired) electrons. The molecular formula is C58H36N2OS. The lowest BCUT2D eigenvalue weighted by atomic mass is 9.98. The Balaban J connectivity index is 0.970. The van der Waals surface area contributed by atoms with Crippen molar-refractivity contribution < 1.29 is 4.42 Å². The first kappa shape index (κ1) is 34.9. The average Bonchev–Trinajstić information content (AvgIpc) is 4.02. The van der Waals surface area contributed by atoms with Gasteiger partial charge in [-0.05, 0) is 100 Å². The first-order valence-corrected chi connectivity index (χ1v) is 21.9. The van der Waals surface area contributed by atoms with Gasteiger partial charge < -0.3 is 13.9 Å². The number of nitrogens with zero attached hydrogens (tertiary/aromatic N) is 2. The van der Waals surface area contributed by atoms with Gasteiger partial charge in [0.05, 0.1) is 22.4 Å². The number of anilines is 3. The number of para-hydroxylation sites is 4. The zero-order chi connectivity index (χ0) is 40.7. The van der Waals surface area contributed by atoms with E-state index in [1.807, 2.05) is 11.3 Å². The standard InChI is InChI=1S/C58H36N2OS/c1-2-13-44-38(12-1)28-35-49-57-43(17-11-22-54(57)61-58(44)49)39-26-32-42(33-27-39)59(41-30-24-37(25-31-41)40-29-34-48-47-16-5-10-23-55(47)62-56(48)36-40)52-20-8-9-21-53(52)60-50-18-6-3-14-45(50)46-15-4-7-19-51(46)60/h1-36H. The maximum atomic E-state index is 6.58. The number of benzene rings is 10. The van der Waals surface area contributed by atoms with Gasteiger partial charge in [0.2, 0.25) is 0 Å². The van der Waals surface area contributed by atoms with Gasteiger partial charge in [-0.3, -0.25) is 0 Å². The Hall–Kier alpha value is -7.92. The van der Waals surface area contributed by atoms with Crippen molar-refractivity contribution in [3.8, 4) is 27.9 Å². The number of fused-ring (bicyclic) bond motifs is 11. The Morgan fingerprint density at radius 2 is 1.00 bits per heavy atom. The van der Waals surface area contributed by atoms with Gasteiger partial charge in [0.15, 0.2) is 0 Å². The molecular weight excluding hydrogens is 773 g/mol. The molecule has 0 N–H and O–H groups in total. The molecule has 290 valence electrons. The second kappa shape index (κ2) is 13.8. The molecule has 0 aliphatic heterocycles. The van der Waals surface area contributed by atoms with Crippen LogP contribution in [0.4, 0.5) is 17.1 Å². The highest BCUT2D eigenvalue weighted by Gasteiger charge is 2.21. The fourth-order valence-electron chi connectivity index (χ4n) is 9.74. The summed E-state index contributed by atoms with van der Waals surface area (Å²) in [6.45, 7) is 0. The van der Waals surface area contributed by atoms with E-state index in [9.17, 15) is 0 Å². The van der Waals surface area contributed by atoms with Crippen LogP contribution in [0.2, 0.25) is 0 Å². The molecule has 0 fully saturated rings. The molecule has 3 nitrogen and oxygen atoms in total. The van der Waals surface area contributed by atoms with Crippen LogP contribution < -0.4 is 4.90 Å². The van der Waals surface area contributed by atoms with Crippen molar-refractivity contribution in [2.45, 2.75) is 0 Å². The first-order chi connectivity index (χ1) is 30.7. The van der Waals surface area contributed by atoms with Crippen LogP contribution in [0.15, 0.2) is 223 Å². The Kier molecular flexibility index (Phi) is 7.78. The van der Waals surface area contributed by atoms with Crippen molar-refractivity contribution in [3.63, 3.8) is 0 Å². The van der Waals surface area contributed by atoms with Crippen molar-refractivity contribution in [3.05, 3.63) is 218 Å². The lowest BCUT2D eigenvalue weighted by molar-refractivity contribution is 0.673. The van der Waals surface area contributed by atoms with E-state index >= 15 is 0 Å². The highest BCUT2D eigenvalue weighted by molar-refractivity contribution is 7.25. The average molecular weight is 809 g/mol. The quantitative estimate of drug-likeness (QED) is 0.167. The third-order valence-electron chi connectivity index (χ3n) is 12.6. The molecule has 0 atom stereocenters. The molecule has 0 spiro atoms. The molecule has 3 aromatic heterocycles. The van der Waals surface area contributed by atoms with Crippen LogP contribution in [0.25, 0.3) is 103 Å². The second-order valence-electron chi connectivity index (χ2n) is 16.0. The van der Waals surface area contributed by atoms with Crippen LogP contribution in [0.3, 0.4) is 0 Å². The van der Waals surface area contributed by atoms with Crippen LogP contribution >= 0.6 is 11.3 Å². The van der Waals surface area contributed by atoms with E-state index in [2.05, 4.69) is 228 Å². The molecule has 10 aromatic carbocycles. The van der Waals surface area contributed by atoms with Gasteiger partial charge in [-0.2, -0.15) is 0 Å². The number of furan rings is 1. The second-order valence-corrected chi connectivity index (χ2v) is 17.1. The first-order valence-electron chi connectivity index (χ1n) is 21.1. The summed E-state index contributed by atoms with van der Waals surface area (Å²) in [6.07, 6.45) is 0. The lowest BCUT2D eigenvalue weighted by Crippen LogP contribution is -2.13. The van der Waals surface area contributed by atoms with Gasteiger partial charge in [-0.25, -0.2) is 0 Å². The number of hydrogen-bond donors (Lipinski definition) is 0. The summed E-state index contributed by atoms with van der Waals surface area (Å²) < 4.78 is 11.6. The van der Waals surface area contributed by atoms with Crippen molar-refractivity contribution >= 4 is 103 Å². The Bertz CT molecular complexity index is 3820. The van der Waals surface area contributed by atoms with Crippen molar-refractivity contribution in [2.75, 3.05) is 4.90 Å². The summed E-state index contributed by atoms with van der Waals surface area (Å²) in [6, 6.07) is 79.2.